The summed E-state index contributed by atoms with van der Waals surface area (Å²) in [6.45, 7) is 5.81. The minimum Gasteiger partial charge on any atom is -0.367 e. The van der Waals surface area contributed by atoms with Crippen LogP contribution < -0.4 is 15.8 Å². The lowest BCUT2D eigenvalue weighted by Crippen LogP contribution is -2.46. The normalized spacial score (nSPS) is 20.7. The first kappa shape index (κ1) is 21.5. The predicted molar refractivity (Wildman–Crippen MR) is 124 cm³/mol. The van der Waals surface area contributed by atoms with E-state index in [9.17, 15) is 14.0 Å². The Morgan fingerprint density at radius 2 is 2.03 bits per heavy atom. The van der Waals surface area contributed by atoms with Gasteiger partial charge in [0.25, 0.3) is 11.5 Å². The van der Waals surface area contributed by atoms with Gasteiger partial charge in [0.05, 0.1) is 22.8 Å². The summed E-state index contributed by atoms with van der Waals surface area (Å²) in [5, 5.41) is 2.72. The molecular weight excluding hydrogens is 423 g/mol. The van der Waals surface area contributed by atoms with E-state index in [0.29, 0.717) is 18.5 Å². The van der Waals surface area contributed by atoms with E-state index in [1.807, 2.05) is 37.4 Å². The van der Waals surface area contributed by atoms with Gasteiger partial charge in [0, 0.05) is 57.1 Å². The number of amides is 1. The zero-order chi connectivity index (χ0) is 22.9. The number of nitrogens with zero attached hydrogens (tertiary/aromatic N) is 4. The van der Waals surface area contributed by atoms with E-state index in [-0.39, 0.29) is 17.5 Å². The van der Waals surface area contributed by atoms with E-state index in [4.69, 9.17) is 0 Å². The van der Waals surface area contributed by atoms with Crippen LogP contribution in [0.3, 0.4) is 0 Å². The number of hydrogen-bond acceptors (Lipinski definition) is 6. The molecule has 0 aromatic carbocycles. The third kappa shape index (κ3) is 4.59. The number of pyridine rings is 3. The Kier molecular flexibility index (Phi) is 5.80. The van der Waals surface area contributed by atoms with Crippen LogP contribution >= 0.6 is 0 Å². The van der Waals surface area contributed by atoms with Crippen LogP contribution in [0.1, 0.15) is 35.0 Å². The van der Waals surface area contributed by atoms with Crippen LogP contribution in [0, 0.1) is 0 Å². The highest BCUT2D eigenvalue weighted by molar-refractivity contribution is 5.98. The smallest absolute Gasteiger partial charge is 0.272 e. The molecule has 4 heterocycles. The molecule has 2 fully saturated rings. The molecule has 2 atom stereocenters. The molecule has 3 aromatic rings. The van der Waals surface area contributed by atoms with Crippen molar-refractivity contribution in [2.45, 2.75) is 38.5 Å². The molecule has 1 amide bonds. The van der Waals surface area contributed by atoms with E-state index in [0.717, 1.165) is 60.6 Å². The van der Waals surface area contributed by atoms with Crippen molar-refractivity contribution in [3.05, 3.63) is 63.8 Å². The average molecular weight is 451 g/mol. The lowest BCUT2D eigenvalue weighted by molar-refractivity contribution is 0.0943. The fourth-order valence-corrected chi connectivity index (χ4v) is 4.30. The Balaban J connectivity index is 1.24. The second-order valence-corrected chi connectivity index (χ2v) is 8.72. The molecule has 1 saturated heterocycles. The first-order valence-corrected chi connectivity index (χ1v) is 11.4. The van der Waals surface area contributed by atoms with E-state index in [2.05, 4.69) is 30.1 Å². The summed E-state index contributed by atoms with van der Waals surface area (Å²) in [7, 11) is 0. The fourth-order valence-electron chi connectivity index (χ4n) is 4.30. The molecule has 0 bridgehead atoms. The third-order valence-corrected chi connectivity index (χ3v) is 6.36. The molecule has 0 unspecified atom stereocenters. The first-order chi connectivity index (χ1) is 16.0. The Bertz CT molecular complexity index is 1240. The summed E-state index contributed by atoms with van der Waals surface area (Å²) in [6, 6.07) is 7.18. The molecule has 8 nitrogen and oxygen atoms in total. The van der Waals surface area contributed by atoms with Gasteiger partial charge in [0.15, 0.2) is 5.69 Å². The molecule has 9 heteroatoms. The lowest BCUT2D eigenvalue weighted by Gasteiger charge is -2.36. The second-order valence-electron chi connectivity index (χ2n) is 8.72. The Labute approximate surface area is 190 Å². The van der Waals surface area contributed by atoms with Crippen LogP contribution in [0.15, 0.2) is 41.5 Å². The van der Waals surface area contributed by atoms with Crippen molar-refractivity contribution in [2.24, 2.45) is 0 Å². The summed E-state index contributed by atoms with van der Waals surface area (Å²) < 4.78 is 13.2. The number of alkyl halides is 1. The summed E-state index contributed by atoms with van der Waals surface area (Å²) >= 11 is 0. The van der Waals surface area contributed by atoms with Gasteiger partial charge >= 0.3 is 0 Å². The van der Waals surface area contributed by atoms with Crippen molar-refractivity contribution in [1.82, 2.24) is 25.2 Å². The van der Waals surface area contributed by atoms with Crippen LogP contribution in [0.25, 0.3) is 11.0 Å². The number of fused-ring (bicyclic) bond motifs is 1. The molecule has 33 heavy (non-hydrogen) atoms. The van der Waals surface area contributed by atoms with Crippen LogP contribution in [-0.4, -0.2) is 64.2 Å². The van der Waals surface area contributed by atoms with Crippen molar-refractivity contribution in [1.29, 1.82) is 0 Å². The monoisotopic (exact) mass is 450 g/mol. The highest BCUT2D eigenvalue weighted by Gasteiger charge is 2.39. The van der Waals surface area contributed by atoms with Gasteiger partial charge in [-0.05, 0) is 36.2 Å². The number of carbonyl (C=O) groups excluding carboxylic acids is 1. The second kappa shape index (κ2) is 8.90. The number of H-pyrrole nitrogens is 1. The Morgan fingerprint density at radius 1 is 1.24 bits per heavy atom. The first-order valence-electron chi connectivity index (χ1n) is 11.4. The number of aryl methyl sites for hydroxylation is 1. The van der Waals surface area contributed by atoms with Gasteiger partial charge in [0.2, 0.25) is 0 Å². The van der Waals surface area contributed by atoms with E-state index >= 15 is 0 Å². The van der Waals surface area contributed by atoms with Crippen LogP contribution in [0.5, 0.6) is 0 Å². The molecule has 1 saturated carbocycles. The SMILES string of the molecule is CCc1cc2ncc(CN3CCN(c4cccnc4C(=O)N[C@@H]4C[C@@H]4F)CC3)cc2[nH]c1=O. The Morgan fingerprint density at radius 3 is 2.76 bits per heavy atom. The van der Waals surface area contributed by atoms with Gasteiger partial charge < -0.3 is 15.2 Å². The summed E-state index contributed by atoms with van der Waals surface area (Å²) in [6.07, 6.45) is 3.57. The number of nitrogens with one attached hydrogen (secondary N) is 2. The van der Waals surface area contributed by atoms with E-state index in [1.54, 1.807) is 6.20 Å². The highest BCUT2D eigenvalue weighted by atomic mass is 19.1. The van der Waals surface area contributed by atoms with Gasteiger partial charge in [-0.2, -0.15) is 0 Å². The highest BCUT2D eigenvalue weighted by Crippen LogP contribution is 2.27. The molecule has 5 rings (SSSR count). The number of aromatic nitrogens is 3. The molecule has 2 aliphatic rings. The predicted octanol–water partition coefficient (Wildman–Crippen LogP) is 2.04. The van der Waals surface area contributed by atoms with Gasteiger partial charge in [-0.25, -0.2) is 9.37 Å². The maximum Gasteiger partial charge on any atom is 0.272 e. The van der Waals surface area contributed by atoms with Gasteiger partial charge in [-0.3, -0.25) is 19.5 Å². The average Bonchev–Trinajstić information content (AvgIpc) is 3.53. The third-order valence-electron chi connectivity index (χ3n) is 6.36. The molecule has 2 N–H and O–H groups in total. The number of halogens is 1. The molecular formula is C24H27FN6O2. The number of rotatable bonds is 6. The largest absolute Gasteiger partial charge is 0.367 e. The number of piperazine rings is 1. The Hall–Kier alpha value is -3.33. The minimum absolute atomic E-state index is 0.0578. The maximum absolute atomic E-state index is 13.2. The van der Waals surface area contributed by atoms with Crippen molar-refractivity contribution in [3.8, 4) is 0 Å². The molecule has 3 aromatic heterocycles. The van der Waals surface area contributed by atoms with Crippen LogP contribution in [0.2, 0.25) is 0 Å². The standard InChI is InChI=1S/C24H27FN6O2/c1-2-16-11-19-20(29-23(16)32)10-15(13-27-19)14-30-6-8-31(9-7-30)21-4-3-5-26-22(21)24(33)28-18-12-17(18)25/h3-5,10-11,13,17-18H,2,6-9,12,14H2,1H3,(H,28,33)(H,29,32)/t17-,18+/m0/s1. The van der Waals surface area contributed by atoms with Gasteiger partial charge in [-0.15, -0.1) is 0 Å². The number of carbonyl (C=O) groups is 1. The molecule has 172 valence electrons. The number of aromatic amines is 1. The number of anilines is 1. The number of hydrogen-bond donors (Lipinski definition) is 2. The van der Waals surface area contributed by atoms with Crippen molar-refractivity contribution in [2.75, 3.05) is 31.1 Å². The quantitative estimate of drug-likeness (QED) is 0.597. The topological polar surface area (TPSA) is 94.2 Å². The molecule has 0 radical (unpaired) electrons. The molecule has 1 aliphatic carbocycles. The summed E-state index contributed by atoms with van der Waals surface area (Å²) in [5.41, 5.74) is 4.41. The zero-order valence-electron chi connectivity index (χ0n) is 18.6. The van der Waals surface area contributed by atoms with Gasteiger partial charge in [0.1, 0.15) is 6.17 Å². The molecule has 0 spiro atoms. The molecule has 1 aliphatic heterocycles. The van der Waals surface area contributed by atoms with Gasteiger partial charge in [-0.1, -0.05) is 6.92 Å². The van der Waals surface area contributed by atoms with Crippen LogP contribution in [0.4, 0.5) is 10.1 Å². The maximum atomic E-state index is 13.2. The van der Waals surface area contributed by atoms with E-state index in [1.165, 1.54) is 0 Å². The van der Waals surface area contributed by atoms with Crippen molar-refractivity contribution < 1.29 is 9.18 Å². The summed E-state index contributed by atoms with van der Waals surface area (Å²) in [4.78, 5) is 40.9. The lowest BCUT2D eigenvalue weighted by atomic mass is 10.1. The van der Waals surface area contributed by atoms with E-state index < -0.39 is 6.17 Å². The van der Waals surface area contributed by atoms with Crippen molar-refractivity contribution in [3.63, 3.8) is 0 Å². The fraction of sp³-hybridized carbons (Fsp3) is 0.417. The van der Waals surface area contributed by atoms with Crippen LogP contribution in [-0.2, 0) is 13.0 Å². The van der Waals surface area contributed by atoms with Crippen molar-refractivity contribution >= 4 is 22.6 Å². The summed E-state index contributed by atoms with van der Waals surface area (Å²) in [5.74, 6) is -0.319. The minimum atomic E-state index is -0.944. The zero-order valence-corrected chi connectivity index (χ0v) is 18.6.